The van der Waals surface area contributed by atoms with Crippen LogP contribution in [0, 0.1) is 5.92 Å². The molecule has 1 aromatic rings. The minimum absolute atomic E-state index is 0.232. The van der Waals surface area contributed by atoms with Gasteiger partial charge in [-0.25, -0.2) is 0 Å². The molecular formula is C14H26ClN3OS. The zero-order valence-electron chi connectivity index (χ0n) is 12.9. The lowest BCUT2D eigenvalue weighted by Gasteiger charge is -2.20. The molecule has 0 aromatic carbocycles. The van der Waals surface area contributed by atoms with Crippen molar-refractivity contribution in [3.63, 3.8) is 0 Å². The number of rotatable bonds is 10. The molecule has 0 bridgehead atoms. The number of nitrogens with one attached hydrogen (secondary N) is 1. The Morgan fingerprint density at radius 1 is 1.45 bits per heavy atom. The van der Waals surface area contributed by atoms with Crippen molar-refractivity contribution in [3.8, 4) is 0 Å². The number of aromatic nitrogens is 2. The van der Waals surface area contributed by atoms with Gasteiger partial charge in [-0.2, -0.15) is 16.9 Å². The van der Waals surface area contributed by atoms with E-state index in [0.29, 0.717) is 12.5 Å². The molecule has 1 rings (SSSR count). The van der Waals surface area contributed by atoms with E-state index in [1.807, 2.05) is 16.4 Å². The number of hydrogen-bond acceptors (Lipinski definition) is 4. The summed E-state index contributed by atoms with van der Waals surface area (Å²) in [6.45, 7) is 8.89. The van der Waals surface area contributed by atoms with Gasteiger partial charge >= 0.3 is 0 Å². The monoisotopic (exact) mass is 319 g/mol. The molecule has 0 saturated heterocycles. The third-order valence-electron chi connectivity index (χ3n) is 2.86. The summed E-state index contributed by atoms with van der Waals surface area (Å²) in [4.78, 5) is 0. The predicted octanol–water partition coefficient (Wildman–Crippen LogP) is 3.22. The van der Waals surface area contributed by atoms with Crippen LogP contribution in [0.4, 0.5) is 0 Å². The molecular weight excluding hydrogens is 294 g/mol. The zero-order valence-corrected chi connectivity index (χ0v) is 14.4. The quantitative estimate of drug-likeness (QED) is 0.718. The van der Waals surface area contributed by atoms with Crippen molar-refractivity contribution in [1.29, 1.82) is 0 Å². The van der Waals surface area contributed by atoms with E-state index in [1.54, 1.807) is 13.3 Å². The summed E-state index contributed by atoms with van der Waals surface area (Å²) in [6.07, 6.45) is 1.73. The van der Waals surface area contributed by atoms with Gasteiger partial charge in [0.15, 0.2) is 0 Å². The second-order valence-corrected chi connectivity index (χ2v) is 6.62. The van der Waals surface area contributed by atoms with Gasteiger partial charge in [-0.3, -0.25) is 4.68 Å². The number of ether oxygens (including phenoxy) is 1. The summed E-state index contributed by atoms with van der Waals surface area (Å²) in [5.74, 6) is 2.87. The van der Waals surface area contributed by atoms with Crippen LogP contribution in [-0.4, -0.2) is 41.5 Å². The van der Waals surface area contributed by atoms with E-state index in [0.717, 1.165) is 35.3 Å². The molecule has 0 radical (unpaired) electrons. The van der Waals surface area contributed by atoms with Gasteiger partial charge in [0.2, 0.25) is 0 Å². The molecule has 0 aliphatic carbocycles. The molecule has 20 heavy (non-hydrogen) atoms. The molecule has 116 valence electrons. The highest BCUT2D eigenvalue weighted by atomic mass is 35.5. The van der Waals surface area contributed by atoms with Crippen LogP contribution >= 0.6 is 23.4 Å². The van der Waals surface area contributed by atoms with E-state index in [1.165, 1.54) is 0 Å². The molecule has 4 nitrogen and oxygen atoms in total. The largest absolute Gasteiger partial charge is 0.383 e. The van der Waals surface area contributed by atoms with E-state index < -0.39 is 0 Å². The first-order valence-electron chi connectivity index (χ1n) is 7.11. The van der Waals surface area contributed by atoms with Gasteiger partial charge in [-0.15, -0.1) is 0 Å². The van der Waals surface area contributed by atoms with Crippen molar-refractivity contribution < 1.29 is 4.74 Å². The first-order valence-corrected chi connectivity index (χ1v) is 8.64. The van der Waals surface area contributed by atoms with Crippen LogP contribution in [0.2, 0.25) is 5.02 Å². The van der Waals surface area contributed by atoms with Crippen molar-refractivity contribution in [2.45, 2.75) is 33.4 Å². The van der Waals surface area contributed by atoms with E-state index in [9.17, 15) is 0 Å². The maximum atomic E-state index is 6.32. The van der Waals surface area contributed by atoms with E-state index in [4.69, 9.17) is 16.3 Å². The molecule has 0 aliphatic rings. The topological polar surface area (TPSA) is 39.1 Å². The van der Waals surface area contributed by atoms with Gasteiger partial charge in [0.25, 0.3) is 0 Å². The molecule has 1 N–H and O–H groups in total. The van der Waals surface area contributed by atoms with Crippen LogP contribution in [0.1, 0.15) is 32.5 Å². The van der Waals surface area contributed by atoms with Gasteiger partial charge in [-0.1, -0.05) is 32.4 Å². The van der Waals surface area contributed by atoms with Crippen LogP contribution in [0.3, 0.4) is 0 Å². The Kier molecular flexibility index (Phi) is 8.61. The van der Waals surface area contributed by atoms with E-state index in [2.05, 4.69) is 31.2 Å². The van der Waals surface area contributed by atoms with E-state index in [-0.39, 0.29) is 6.04 Å². The van der Waals surface area contributed by atoms with Crippen LogP contribution in [0.5, 0.6) is 0 Å². The Hall–Kier alpha value is -0.230. The SMILES string of the molecule is CCNC(CSCC(C)C)c1c(Cl)cnn1CCOC. The van der Waals surface area contributed by atoms with Crippen LogP contribution in [0.25, 0.3) is 0 Å². The lowest BCUT2D eigenvalue weighted by molar-refractivity contribution is 0.182. The van der Waals surface area contributed by atoms with Crippen molar-refractivity contribution in [2.24, 2.45) is 5.92 Å². The molecule has 1 aromatic heterocycles. The molecule has 6 heteroatoms. The maximum Gasteiger partial charge on any atom is 0.0834 e. The number of halogens is 1. The Morgan fingerprint density at radius 2 is 2.20 bits per heavy atom. The van der Waals surface area contributed by atoms with Crippen LogP contribution in [0.15, 0.2) is 6.20 Å². The molecule has 1 atom stereocenters. The maximum absolute atomic E-state index is 6.32. The normalized spacial score (nSPS) is 13.1. The van der Waals surface area contributed by atoms with Gasteiger partial charge in [-0.05, 0) is 18.2 Å². The summed E-state index contributed by atoms with van der Waals surface area (Å²) in [7, 11) is 1.70. The summed E-state index contributed by atoms with van der Waals surface area (Å²) >= 11 is 8.28. The fourth-order valence-corrected chi connectivity index (χ4v) is 3.37. The van der Waals surface area contributed by atoms with Gasteiger partial charge < -0.3 is 10.1 Å². The summed E-state index contributed by atoms with van der Waals surface area (Å²) in [5.41, 5.74) is 1.07. The van der Waals surface area contributed by atoms with Gasteiger partial charge in [0.05, 0.1) is 36.1 Å². The van der Waals surface area contributed by atoms with E-state index >= 15 is 0 Å². The molecule has 0 spiro atoms. The third kappa shape index (κ3) is 5.64. The fourth-order valence-electron chi connectivity index (χ4n) is 1.98. The molecule has 1 unspecified atom stereocenters. The third-order valence-corrected chi connectivity index (χ3v) is 4.62. The molecule has 0 saturated carbocycles. The fraction of sp³-hybridized carbons (Fsp3) is 0.786. The first-order chi connectivity index (χ1) is 9.60. The zero-order chi connectivity index (χ0) is 15.0. The van der Waals surface area contributed by atoms with Gasteiger partial charge in [0, 0.05) is 12.9 Å². The van der Waals surface area contributed by atoms with Gasteiger partial charge in [0.1, 0.15) is 0 Å². The standard InChI is InChI=1S/C14H26ClN3OS/c1-5-16-13(10-20-9-11(2)3)14-12(15)8-17-18(14)6-7-19-4/h8,11,13,16H,5-7,9-10H2,1-4H3. The molecule has 0 fully saturated rings. The second kappa shape index (κ2) is 9.66. The number of hydrogen-bond donors (Lipinski definition) is 1. The average Bonchev–Trinajstić information content (AvgIpc) is 2.76. The number of nitrogens with zero attached hydrogens (tertiary/aromatic N) is 2. The Labute approximate surface area is 131 Å². The van der Waals surface area contributed by atoms with Crippen LogP contribution in [-0.2, 0) is 11.3 Å². The lowest BCUT2D eigenvalue weighted by atomic mass is 10.2. The predicted molar refractivity (Wildman–Crippen MR) is 87.7 cm³/mol. The Bertz CT molecular complexity index is 384. The van der Waals surface area contributed by atoms with Crippen molar-refractivity contribution in [3.05, 3.63) is 16.9 Å². The second-order valence-electron chi connectivity index (χ2n) is 5.14. The average molecular weight is 320 g/mol. The summed E-state index contributed by atoms with van der Waals surface area (Å²) < 4.78 is 7.09. The highest BCUT2D eigenvalue weighted by molar-refractivity contribution is 7.99. The molecule has 1 heterocycles. The Morgan fingerprint density at radius 3 is 2.80 bits per heavy atom. The number of thioether (sulfide) groups is 1. The molecule has 0 aliphatic heterocycles. The lowest BCUT2D eigenvalue weighted by Crippen LogP contribution is -2.27. The van der Waals surface area contributed by atoms with Crippen molar-refractivity contribution in [1.82, 2.24) is 15.1 Å². The highest BCUT2D eigenvalue weighted by Crippen LogP contribution is 2.26. The minimum atomic E-state index is 0.232. The minimum Gasteiger partial charge on any atom is -0.383 e. The smallest absolute Gasteiger partial charge is 0.0834 e. The van der Waals surface area contributed by atoms with Crippen molar-refractivity contribution in [2.75, 3.05) is 31.8 Å². The van der Waals surface area contributed by atoms with Crippen molar-refractivity contribution >= 4 is 23.4 Å². The first kappa shape index (κ1) is 17.8. The Balaban J connectivity index is 2.76. The van der Waals surface area contributed by atoms with Crippen LogP contribution < -0.4 is 5.32 Å². The number of methoxy groups -OCH3 is 1. The summed E-state index contributed by atoms with van der Waals surface area (Å²) in [6, 6.07) is 0.232. The summed E-state index contributed by atoms with van der Waals surface area (Å²) in [5, 5.41) is 8.60. The molecule has 0 amide bonds. The highest BCUT2D eigenvalue weighted by Gasteiger charge is 2.19.